The summed E-state index contributed by atoms with van der Waals surface area (Å²) in [4.78, 5) is 11.4. The quantitative estimate of drug-likeness (QED) is 0.838. The van der Waals surface area contributed by atoms with Crippen LogP contribution in [0.5, 0.6) is 0 Å². The Kier molecular flexibility index (Phi) is 2.67. The van der Waals surface area contributed by atoms with Crippen LogP contribution in [0, 0.1) is 6.92 Å². The molecule has 2 N–H and O–H groups in total. The van der Waals surface area contributed by atoms with Gasteiger partial charge in [-0.3, -0.25) is 9.89 Å². The molecule has 1 aliphatic rings. The van der Waals surface area contributed by atoms with E-state index >= 15 is 0 Å². The molecule has 1 fully saturated rings. The van der Waals surface area contributed by atoms with Crippen molar-refractivity contribution < 1.29 is 18.7 Å². The van der Waals surface area contributed by atoms with Gasteiger partial charge in [0.1, 0.15) is 5.41 Å². The van der Waals surface area contributed by atoms with Crippen molar-refractivity contribution in [2.75, 3.05) is 0 Å². The van der Waals surface area contributed by atoms with E-state index < -0.39 is 30.1 Å². The predicted octanol–water partition coefficient (Wildman–Crippen LogP) is 2.25. The molecule has 0 saturated heterocycles. The maximum Gasteiger partial charge on any atom is 0.315 e. The number of aromatic nitrogens is 2. The summed E-state index contributed by atoms with van der Waals surface area (Å²) in [5, 5.41) is 15.9. The molecule has 17 heavy (non-hydrogen) atoms. The zero-order valence-corrected chi connectivity index (χ0v) is 9.46. The number of aliphatic carboxylic acids is 1. The average molecular weight is 244 g/mol. The van der Waals surface area contributed by atoms with Crippen molar-refractivity contribution >= 4 is 5.97 Å². The van der Waals surface area contributed by atoms with Crippen LogP contribution in [0.3, 0.4) is 0 Å². The normalized spacial score (nSPS) is 22.3. The van der Waals surface area contributed by atoms with E-state index in [0.717, 1.165) is 5.69 Å². The second-order valence-corrected chi connectivity index (χ2v) is 4.68. The first kappa shape index (κ1) is 12.0. The van der Waals surface area contributed by atoms with Gasteiger partial charge in [0.2, 0.25) is 5.92 Å². The van der Waals surface area contributed by atoms with Crippen molar-refractivity contribution in [3.8, 4) is 0 Å². The summed E-state index contributed by atoms with van der Waals surface area (Å²) in [7, 11) is 0. The fraction of sp³-hybridized carbons (Fsp3) is 0.636. The van der Waals surface area contributed by atoms with Crippen LogP contribution in [-0.2, 0) is 10.2 Å². The number of carboxylic acids is 1. The van der Waals surface area contributed by atoms with Gasteiger partial charge in [0, 0.05) is 18.5 Å². The number of rotatable bonds is 2. The zero-order valence-electron chi connectivity index (χ0n) is 9.46. The maximum absolute atomic E-state index is 13.1. The Balaban J connectivity index is 2.33. The number of aromatic amines is 1. The lowest BCUT2D eigenvalue weighted by Gasteiger charge is -2.35. The highest BCUT2D eigenvalue weighted by Crippen LogP contribution is 2.45. The van der Waals surface area contributed by atoms with E-state index in [9.17, 15) is 18.7 Å². The van der Waals surface area contributed by atoms with Crippen LogP contribution in [0.15, 0.2) is 6.07 Å². The largest absolute Gasteiger partial charge is 0.481 e. The average Bonchev–Trinajstić information content (AvgIpc) is 2.65. The van der Waals surface area contributed by atoms with E-state index in [1.54, 1.807) is 13.0 Å². The van der Waals surface area contributed by atoms with Crippen molar-refractivity contribution in [2.24, 2.45) is 0 Å². The molecule has 0 aromatic carbocycles. The second kappa shape index (κ2) is 3.78. The first-order valence-electron chi connectivity index (χ1n) is 5.49. The number of carbonyl (C=O) groups is 1. The topological polar surface area (TPSA) is 66.0 Å². The van der Waals surface area contributed by atoms with Gasteiger partial charge in [-0.1, -0.05) is 0 Å². The Labute approximate surface area is 97.0 Å². The fourth-order valence-electron chi connectivity index (χ4n) is 2.29. The van der Waals surface area contributed by atoms with Crippen molar-refractivity contribution in [3.05, 3.63) is 17.5 Å². The first-order valence-corrected chi connectivity index (χ1v) is 5.49. The molecule has 6 heteroatoms. The van der Waals surface area contributed by atoms with E-state index in [1.807, 2.05) is 0 Å². The smallest absolute Gasteiger partial charge is 0.315 e. The summed E-state index contributed by atoms with van der Waals surface area (Å²) < 4.78 is 26.2. The Morgan fingerprint density at radius 2 is 2.00 bits per heavy atom. The van der Waals surface area contributed by atoms with Gasteiger partial charge in [-0.2, -0.15) is 5.10 Å². The molecule has 0 spiro atoms. The number of halogens is 2. The number of hydrogen-bond acceptors (Lipinski definition) is 2. The standard InChI is InChI=1S/C11H14F2N2O2/c1-7-6-8(15-14-7)10(9(16)17)2-4-11(12,13)5-3-10/h6H,2-5H2,1H3,(H,14,15)(H,16,17). The van der Waals surface area contributed by atoms with Crippen molar-refractivity contribution in [2.45, 2.75) is 43.9 Å². The molecule has 1 aliphatic carbocycles. The van der Waals surface area contributed by atoms with Gasteiger partial charge in [0.25, 0.3) is 0 Å². The minimum absolute atomic E-state index is 0.0698. The number of nitrogens with zero attached hydrogens (tertiary/aromatic N) is 1. The van der Waals surface area contributed by atoms with Crippen LogP contribution in [0.2, 0.25) is 0 Å². The summed E-state index contributed by atoms with van der Waals surface area (Å²) in [6.07, 6.45) is -0.935. The zero-order chi connectivity index (χ0) is 12.7. The second-order valence-electron chi connectivity index (χ2n) is 4.68. The molecule has 1 aromatic rings. The number of H-pyrrole nitrogens is 1. The molecule has 2 rings (SSSR count). The van der Waals surface area contributed by atoms with E-state index in [-0.39, 0.29) is 12.8 Å². The fourth-order valence-corrected chi connectivity index (χ4v) is 2.29. The molecule has 0 unspecified atom stereocenters. The number of aryl methyl sites for hydroxylation is 1. The molecule has 1 heterocycles. The van der Waals surface area contributed by atoms with E-state index in [2.05, 4.69) is 10.2 Å². The Morgan fingerprint density at radius 3 is 2.41 bits per heavy atom. The Hall–Kier alpha value is -1.46. The molecule has 0 bridgehead atoms. The highest BCUT2D eigenvalue weighted by Gasteiger charge is 2.50. The van der Waals surface area contributed by atoms with Crippen molar-refractivity contribution in [1.29, 1.82) is 0 Å². The molecule has 0 amide bonds. The number of hydrogen-bond donors (Lipinski definition) is 2. The summed E-state index contributed by atoms with van der Waals surface area (Å²) in [5.41, 5.74) is -0.164. The minimum Gasteiger partial charge on any atom is -0.481 e. The van der Waals surface area contributed by atoms with Gasteiger partial charge >= 0.3 is 5.97 Å². The van der Waals surface area contributed by atoms with Crippen molar-refractivity contribution in [3.63, 3.8) is 0 Å². The van der Waals surface area contributed by atoms with Gasteiger partial charge in [0.15, 0.2) is 0 Å². The third-order valence-electron chi connectivity index (χ3n) is 3.44. The molecule has 94 valence electrons. The number of carboxylic acid groups (broad SMARTS) is 1. The lowest BCUT2D eigenvalue weighted by Crippen LogP contribution is -2.43. The molecule has 0 radical (unpaired) electrons. The van der Waals surface area contributed by atoms with Crippen LogP contribution in [0.25, 0.3) is 0 Å². The monoisotopic (exact) mass is 244 g/mol. The third-order valence-corrected chi connectivity index (χ3v) is 3.44. The van der Waals surface area contributed by atoms with Crippen LogP contribution in [0.4, 0.5) is 8.78 Å². The molecule has 0 atom stereocenters. The molecule has 4 nitrogen and oxygen atoms in total. The molecule has 1 aromatic heterocycles. The lowest BCUT2D eigenvalue weighted by molar-refractivity contribution is -0.149. The summed E-state index contributed by atoms with van der Waals surface area (Å²) >= 11 is 0. The highest BCUT2D eigenvalue weighted by molar-refractivity contribution is 5.81. The van der Waals surface area contributed by atoms with Gasteiger partial charge in [0.05, 0.1) is 5.69 Å². The summed E-state index contributed by atoms with van der Waals surface area (Å²) in [6.45, 7) is 1.75. The summed E-state index contributed by atoms with van der Waals surface area (Å²) in [5.74, 6) is -3.82. The molecular formula is C11H14F2N2O2. The summed E-state index contributed by atoms with van der Waals surface area (Å²) in [6, 6.07) is 1.62. The SMILES string of the molecule is Cc1cc(C2(C(=O)O)CCC(F)(F)CC2)n[nH]1. The molecular weight excluding hydrogens is 230 g/mol. The van der Waals surface area contributed by atoms with Gasteiger partial charge in [-0.05, 0) is 25.8 Å². The van der Waals surface area contributed by atoms with Crippen LogP contribution < -0.4 is 0 Å². The van der Waals surface area contributed by atoms with E-state index in [1.165, 1.54) is 0 Å². The highest BCUT2D eigenvalue weighted by atomic mass is 19.3. The van der Waals surface area contributed by atoms with E-state index in [4.69, 9.17) is 0 Å². The van der Waals surface area contributed by atoms with Gasteiger partial charge < -0.3 is 5.11 Å². The Bertz CT molecular complexity index is 432. The van der Waals surface area contributed by atoms with Gasteiger partial charge in [-0.15, -0.1) is 0 Å². The van der Waals surface area contributed by atoms with Crippen molar-refractivity contribution in [1.82, 2.24) is 10.2 Å². The maximum atomic E-state index is 13.1. The van der Waals surface area contributed by atoms with Crippen LogP contribution in [0.1, 0.15) is 37.1 Å². The third kappa shape index (κ3) is 2.03. The van der Waals surface area contributed by atoms with E-state index in [0.29, 0.717) is 5.69 Å². The predicted molar refractivity (Wildman–Crippen MR) is 56.1 cm³/mol. The number of nitrogens with one attached hydrogen (secondary N) is 1. The first-order chi connectivity index (χ1) is 7.86. The lowest BCUT2D eigenvalue weighted by atomic mass is 9.70. The molecule has 1 saturated carbocycles. The minimum atomic E-state index is -2.75. The Morgan fingerprint density at radius 1 is 1.41 bits per heavy atom. The van der Waals surface area contributed by atoms with Gasteiger partial charge in [-0.25, -0.2) is 8.78 Å². The van der Waals surface area contributed by atoms with Crippen LogP contribution >= 0.6 is 0 Å². The number of alkyl halides is 2. The van der Waals surface area contributed by atoms with Crippen LogP contribution in [-0.4, -0.2) is 27.2 Å². The molecule has 0 aliphatic heterocycles.